The lowest BCUT2D eigenvalue weighted by molar-refractivity contribution is -0.127. The molecule has 3 aromatic heterocycles. The molecular formula is C34H34Cl2N4O5. The van der Waals surface area contributed by atoms with E-state index in [1.165, 1.54) is 0 Å². The van der Waals surface area contributed by atoms with E-state index in [1.54, 1.807) is 18.5 Å². The van der Waals surface area contributed by atoms with Crippen LogP contribution < -0.4 is 4.90 Å². The second-order valence-electron chi connectivity index (χ2n) is 13.0. The molecule has 1 aromatic carbocycles. The number of aromatic carboxylic acids is 1. The average Bonchev–Trinajstić information content (AvgIpc) is 3.83. The molecule has 11 heteroatoms. The summed E-state index contributed by atoms with van der Waals surface area (Å²) in [5, 5.41) is 15.9. The van der Waals surface area contributed by atoms with Crippen LogP contribution >= 0.6 is 23.2 Å². The summed E-state index contributed by atoms with van der Waals surface area (Å²) in [5.41, 5.74) is 5.02. The van der Waals surface area contributed by atoms with E-state index in [2.05, 4.69) is 21.1 Å². The van der Waals surface area contributed by atoms with E-state index in [0.29, 0.717) is 52.4 Å². The van der Waals surface area contributed by atoms with Crippen molar-refractivity contribution in [2.24, 2.45) is 0 Å². The minimum absolute atomic E-state index is 0.0551. The van der Waals surface area contributed by atoms with Crippen molar-refractivity contribution in [1.82, 2.24) is 15.1 Å². The summed E-state index contributed by atoms with van der Waals surface area (Å²) in [4.78, 5) is 23.7. The van der Waals surface area contributed by atoms with Crippen LogP contribution in [0.3, 0.4) is 0 Å². The number of ether oxygens (including phenoxy) is 2. The normalized spacial score (nSPS) is 24.8. The number of carbonyl (C=O) groups is 1. The van der Waals surface area contributed by atoms with E-state index in [0.717, 1.165) is 92.7 Å². The molecule has 45 heavy (non-hydrogen) atoms. The Balaban J connectivity index is 1.06. The number of aromatic nitrogens is 3. The zero-order valence-corrected chi connectivity index (χ0v) is 26.4. The number of hydrogen-bond donors (Lipinski definition) is 1. The fourth-order valence-electron chi connectivity index (χ4n) is 7.68. The summed E-state index contributed by atoms with van der Waals surface area (Å²) in [6.45, 7) is 3.20. The van der Waals surface area contributed by atoms with Gasteiger partial charge in [0.05, 0.1) is 52.2 Å². The lowest BCUT2D eigenvalue weighted by atomic mass is 9.57. The highest BCUT2D eigenvalue weighted by Crippen LogP contribution is 2.56. The number of carboxylic acids is 1. The van der Waals surface area contributed by atoms with Gasteiger partial charge >= 0.3 is 5.97 Å². The third kappa shape index (κ3) is 5.08. The summed E-state index contributed by atoms with van der Waals surface area (Å²) >= 11 is 13.1. The molecule has 0 radical (unpaired) electrons. The third-order valence-electron chi connectivity index (χ3n) is 10.5. The van der Waals surface area contributed by atoms with E-state index in [9.17, 15) is 9.90 Å². The average molecular weight is 650 g/mol. The smallest absolute Gasteiger partial charge is 0.336 e. The van der Waals surface area contributed by atoms with Gasteiger partial charge in [0.25, 0.3) is 0 Å². The molecule has 4 aromatic rings. The zero-order valence-electron chi connectivity index (χ0n) is 24.9. The third-order valence-corrected chi connectivity index (χ3v) is 11.1. The molecule has 5 fully saturated rings. The van der Waals surface area contributed by atoms with E-state index < -0.39 is 5.97 Å². The predicted molar refractivity (Wildman–Crippen MR) is 170 cm³/mol. The Hall–Kier alpha value is -3.24. The van der Waals surface area contributed by atoms with Gasteiger partial charge in [0.1, 0.15) is 11.5 Å². The van der Waals surface area contributed by atoms with E-state index >= 15 is 0 Å². The van der Waals surface area contributed by atoms with Crippen molar-refractivity contribution >= 4 is 45.8 Å². The summed E-state index contributed by atoms with van der Waals surface area (Å²) in [6.07, 6.45) is 11.0. The lowest BCUT2D eigenvalue weighted by Crippen LogP contribution is -2.50. The number of hydrogen-bond acceptors (Lipinski definition) is 8. The number of carboxylic acid groups (broad SMARTS) is 1. The van der Waals surface area contributed by atoms with Crippen LogP contribution in [0.15, 0.2) is 41.2 Å². The Kier molecular flexibility index (Phi) is 7.28. The minimum atomic E-state index is -0.937. The number of morpholine rings is 1. The van der Waals surface area contributed by atoms with Gasteiger partial charge in [-0.05, 0) is 69.6 Å². The van der Waals surface area contributed by atoms with Gasteiger partial charge in [0.2, 0.25) is 0 Å². The van der Waals surface area contributed by atoms with E-state index in [1.807, 2.05) is 12.1 Å². The van der Waals surface area contributed by atoms with Crippen LogP contribution in [0.2, 0.25) is 10.0 Å². The van der Waals surface area contributed by atoms with Crippen molar-refractivity contribution in [3.8, 4) is 11.3 Å². The van der Waals surface area contributed by atoms with Crippen LogP contribution in [-0.4, -0.2) is 58.1 Å². The maximum atomic E-state index is 12.1. The number of rotatable bonds is 8. The molecule has 4 aliphatic carbocycles. The molecule has 4 saturated carbocycles. The molecule has 0 spiro atoms. The number of nitrogens with zero attached hydrogens (tertiary/aromatic N) is 4. The molecule has 234 valence electrons. The quantitative estimate of drug-likeness (QED) is 0.207. The van der Waals surface area contributed by atoms with Crippen LogP contribution in [0, 0.1) is 0 Å². The topological polar surface area (TPSA) is 111 Å². The molecule has 5 aliphatic rings. The Morgan fingerprint density at radius 2 is 1.71 bits per heavy atom. The molecule has 2 bridgehead atoms. The monoisotopic (exact) mass is 648 g/mol. The van der Waals surface area contributed by atoms with Crippen molar-refractivity contribution in [3.63, 3.8) is 0 Å². The Labute approximate surface area is 270 Å². The number of halogens is 2. The van der Waals surface area contributed by atoms with E-state index in [4.69, 9.17) is 42.2 Å². The van der Waals surface area contributed by atoms with Gasteiger partial charge in [-0.1, -0.05) is 34.4 Å². The summed E-state index contributed by atoms with van der Waals surface area (Å²) in [7, 11) is 0. The number of fused-ring (bicyclic) bond motifs is 4. The fourth-order valence-corrected chi connectivity index (χ4v) is 8.23. The van der Waals surface area contributed by atoms with Gasteiger partial charge in [-0.2, -0.15) is 0 Å². The molecule has 1 saturated heterocycles. The van der Waals surface area contributed by atoms with Crippen molar-refractivity contribution in [2.75, 3.05) is 31.2 Å². The predicted octanol–water partition coefficient (Wildman–Crippen LogP) is 7.57. The van der Waals surface area contributed by atoms with Gasteiger partial charge in [-0.15, -0.1) is 0 Å². The Morgan fingerprint density at radius 1 is 1.00 bits per heavy atom. The first-order valence-electron chi connectivity index (χ1n) is 15.8. The molecule has 4 heterocycles. The van der Waals surface area contributed by atoms with Gasteiger partial charge in [0, 0.05) is 59.0 Å². The molecule has 1 N–H and O–H groups in total. The second kappa shape index (κ2) is 11.2. The second-order valence-corrected chi connectivity index (χ2v) is 13.8. The van der Waals surface area contributed by atoms with E-state index in [-0.39, 0.29) is 16.6 Å². The van der Waals surface area contributed by atoms with Crippen LogP contribution in [0.5, 0.6) is 0 Å². The summed E-state index contributed by atoms with van der Waals surface area (Å²) in [6, 6.07) is 7.64. The van der Waals surface area contributed by atoms with Crippen LogP contribution in [-0.2, 0) is 21.5 Å². The Morgan fingerprint density at radius 3 is 2.38 bits per heavy atom. The first-order valence-corrected chi connectivity index (χ1v) is 16.5. The summed E-state index contributed by atoms with van der Waals surface area (Å²) in [5.74, 6) is 0.298. The molecule has 9 rings (SSSR count). The number of benzene rings is 1. The number of anilines is 1. The van der Waals surface area contributed by atoms with Crippen molar-refractivity contribution < 1.29 is 23.9 Å². The van der Waals surface area contributed by atoms with Crippen molar-refractivity contribution in [1.29, 1.82) is 0 Å². The van der Waals surface area contributed by atoms with Crippen molar-refractivity contribution in [3.05, 3.63) is 69.3 Å². The highest BCUT2D eigenvalue weighted by Gasteiger charge is 2.51. The van der Waals surface area contributed by atoms with Gasteiger partial charge in [-0.3, -0.25) is 9.97 Å². The first kappa shape index (κ1) is 29.2. The molecule has 0 unspecified atom stereocenters. The summed E-state index contributed by atoms with van der Waals surface area (Å²) < 4.78 is 18.3. The van der Waals surface area contributed by atoms with Crippen LogP contribution in [0.1, 0.15) is 84.7 Å². The first-order chi connectivity index (χ1) is 21.9. The highest BCUT2D eigenvalue weighted by molar-refractivity contribution is 6.38. The molecule has 1 aliphatic heterocycles. The molecule has 0 amide bonds. The maximum Gasteiger partial charge on any atom is 0.336 e. The maximum absolute atomic E-state index is 12.1. The number of pyridine rings is 2. The van der Waals surface area contributed by atoms with Crippen molar-refractivity contribution in [2.45, 2.75) is 74.9 Å². The molecule has 0 atom stereocenters. The Bertz CT molecular complexity index is 1750. The minimum Gasteiger partial charge on any atom is -0.478 e. The fraction of sp³-hybridized carbons (Fsp3) is 0.471. The molecular weight excluding hydrogens is 615 g/mol. The van der Waals surface area contributed by atoms with Gasteiger partial charge in [-0.25, -0.2) is 4.79 Å². The SMILES string of the molecule is O=C(O)c1ccc(N2CCOCC2)c2nc(C34CCC(OCc5c(-c6c(Cl)cncc6Cl)noc5C5CC5)(CC3)CC4)ccc12. The zero-order chi connectivity index (χ0) is 30.8. The standard InChI is InChI=1S/C34H34Cl2N4O5/c35-24-17-37-18-25(36)28(24)30-23(31(45-39-30)20-1-2-20)19-44-34-10-7-33(8-11-34,9-12-34)27-6-4-21-22(32(41)42)3-5-26(29(21)38-27)40-13-15-43-16-14-40/h3-6,17-18,20H,1-2,7-16,19H2,(H,41,42). The van der Waals surface area contributed by atoms with Gasteiger partial charge in [0.15, 0.2) is 0 Å². The molecule has 9 nitrogen and oxygen atoms in total. The lowest BCUT2D eigenvalue weighted by Gasteiger charge is -2.53. The highest BCUT2D eigenvalue weighted by atomic mass is 35.5. The van der Waals surface area contributed by atoms with Gasteiger partial charge < -0.3 is 24.0 Å². The van der Waals surface area contributed by atoms with Crippen LogP contribution in [0.4, 0.5) is 5.69 Å². The largest absolute Gasteiger partial charge is 0.478 e. The van der Waals surface area contributed by atoms with Crippen LogP contribution in [0.25, 0.3) is 22.2 Å².